The lowest BCUT2D eigenvalue weighted by molar-refractivity contribution is 0.0967. The summed E-state index contributed by atoms with van der Waals surface area (Å²) in [5, 5.41) is 2.65. The SMILES string of the molecule is COCCCN=C(NC(=O)c1ccccc1C)OC. The molecule has 0 aliphatic carbocycles. The number of amides is 1. The first kappa shape index (κ1) is 15.2. The van der Waals surface area contributed by atoms with Gasteiger partial charge in [0.15, 0.2) is 0 Å². The third-order valence-corrected chi connectivity index (χ3v) is 2.57. The maximum Gasteiger partial charge on any atom is 0.291 e. The van der Waals surface area contributed by atoms with E-state index in [1.807, 2.05) is 25.1 Å². The van der Waals surface area contributed by atoms with Gasteiger partial charge in [-0.05, 0) is 25.0 Å². The van der Waals surface area contributed by atoms with Crippen molar-refractivity contribution in [3.63, 3.8) is 0 Å². The lowest BCUT2D eigenvalue weighted by Gasteiger charge is -2.08. The van der Waals surface area contributed by atoms with Crippen LogP contribution in [-0.2, 0) is 9.47 Å². The number of hydrogen-bond donors (Lipinski definition) is 1. The Balaban J connectivity index is 2.61. The second kappa shape index (κ2) is 8.26. The predicted octanol–water partition coefficient (Wildman–Crippen LogP) is 1.76. The van der Waals surface area contributed by atoms with E-state index in [4.69, 9.17) is 9.47 Å². The predicted molar refractivity (Wildman–Crippen MR) is 74.4 cm³/mol. The molecule has 5 nitrogen and oxygen atoms in total. The summed E-state index contributed by atoms with van der Waals surface area (Å²) in [5.74, 6) is -0.217. The van der Waals surface area contributed by atoms with E-state index in [0.29, 0.717) is 18.7 Å². The molecule has 0 radical (unpaired) electrons. The van der Waals surface area contributed by atoms with Gasteiger partial charge in [0, 0.05) is 25.8 Å². The molecule has 19 heavy (non-hydrogen) atoms. The van der Waals surface area contributed by atoms with Crippen LogP contribution < -0.4 is 5.32 Å². The molecule has 0 heterocycles. The van der Waals surface area contributed by atoms with Gasteiger partial charge in [0.2, 0.25) is 0 Å². The molecule has 0 saturated heterocycles. The molecule has 0 spiro atoms. The molecule has 0 fully saturated rings. The van der Waals surface area contributed by atoms with E-state index >= 15 is 0 Å². The number of hydrogen-bond acceptors (Lipinski definition) is 4. The molecule has 1 rings (SSSR count). The zero-order chi connectivity index (χ0) is 14.1. The largest absolute Gasteiger partial charge is 0.468 e. The van der Waals surface area contributed by atoms with Crippen molar-refractivity contribution < 1.29 is 14.3 Å². The van der Waals surface area contributed by atoms with Gasteiger partial charge < -0.3 is 9.47 Å². The van der Waals surface area contributed by atoms with Gasteiger partial charge >= 0.3 is 0 Å². The van der Waals surface area contributed by atoms with Crippen LogP contribution >= 0.6 is 0 Å². The Kier molecular flexibility index (Phi) is 6.60. The van der Waals surface area contributed by atoms with Crippen molar-refractivity contribution in [2.75, 3.05) is 27.4 Å². The Morgan fingerprint density at radius 1 is 1.32 bits per heavy atom. The molecule has 5 heteroatoms. The number of aliphatic imine (C=N–C) groups is 1. The molecule has 1 aromatic rings. The summed E-state index contributed by atoms with van der Waals surface area (Å²) in [5.41, 5.74) is 1.53. The molecule has 0 aliphatic heterocycles. The van der Waals surface area contributed by atoms with Crippen molar-refractivity contribution in [1.82, 2.24) is 5.32 Å². The van der Waals surface area contributed by atoms with Gasteiger partial charge in [-0.15, -0.1) is 0 Å². The average Bonchev–Trinajstić information content (AvgIpc) is 2.42. The maximum atomic E-state index is 12.0. The molecule has 1 N–H and O–H groups in total. The number of carbonyl (C=O) groups is 1. The van der Waals surface area contributed by atoms with Gasteiger partial charge in [0.25, 0.3) is 11.9 Å². The number of ether oxygens (including phenoxy) is 2. The zero-order valence-corrected chi connectivity index (χ0v) is 11.6. The normalized spacial score (nSPS) is 11.2. The average molecular weight is 264 g/mol. The molecule has 0 saturated carbocycles. The van der Waals surface area contributed by atoms with Crippen molar-refractivity contribution >= 4 is 11.9 Å². The summed E-state index contributed by atoms with van der Waals surface area (Å²) in [6, 6.07) is 7.59. The second-order valence-electron chi connectivity index (χ2n) is 4.01. The van der Waals surface area contributed by atoms with E-state index in [0.717, 1.165) is 12.0 Å². The van der Waals surface area contributed by atoms with Gasteiger partial charge in [0.1, 0.15) is 0 Å². The summed E-state index contributed by atoms with van der Waals surface area (Å²) in [6.45, 7) is 3.06. The van der Waals surface area contributed by atoms with E-state index in [2.05, 4.69) is 10.3 Å². The third kappa shape index (κ3) is 5.09. The first-order chi connectivity index (χ1) is 9.19. The van der Waals surface area contributed by atoms with Crippen molar-refractivity contribution in [1.29, 1.82) is 0 Å². The number of nitrogens with one attached hydrogen (secondary N) is 1. The number of methoxy groups -OCH3 is 2. The van der Waals surface area contributed by atoms with Crippen LogP contribution in [0.3, 0.4) is 0 Å². The first-order valence-electron chi connectivity index (χ1n) is 6.13. The topological polar surface area (TPSA) is 59.9 Å². The van der Waals surface area contributed by atoms with Gasteiger partial charge in [0.05, 0.1) is 7.11 Å². The van der Waals surface area contributed by atoms with Crippen LogP contribution in [0.25, 0.3) is 0 Å². The fourth-order valence-corrected chi connectivity index (χ4v) is 1.54. The number of aryl methyl sites for hydroxylation is 1. The first-order valence-corrected chi connectivity index (χ1v) is 6.13. The summed E-state index contributed by atoms with van der Waals surface area (Å²) < 4.78 is 9.97. The molecule has 104 valence electrons. The lowest BCUT2D eigenvalue weighted by atomic mass is 10.1. The summed E-state index contributed by atoms with van der Waals surface area (Å²) in [7, 11) is 3.12. The van der Waals surface area contributed by atoms with Gasteiger partial charge in [-0.25, -0.2) is 4.99 Å². The highest BCUT2D eigenvalue weighted by Gasteiger charge is 2.10. The van der Waals surface area contributed by atoms with Crippen LogP contribution in [0.2, 0.25) is 0 Å². The molecule has 1 amide bonds. The number of amidine groups is 1. The smallest absolute Gasteiger partial charge is 0.291 e. The zero-order valence-electron chi connectivity index (χ0n) is 11.6. The van der Waals surface area contributed by atoms with Crippen LogP contribution in [0.5, 0.6) is 0 Å². The Bertz CT molecular complexity index is 444. The van der Waals surface area contributed by atoms with E-state index < -0.39 is 0 Å². The van der Waals surface area contributed by atoms with Gasteiger partial charge in [-0.3, -0.25) is 10.1 Å². The van der Waals surface area contributed by atoms with Crippen LogP contribution in [0, 0.1) is 6.92 Å². The number of nitrogens with zero attached hydrogens (tertiary/aromatic N) is 1. The lowest BCUT2D eigenvalue weighted by Crippen LogP contribution is -2.32. The minimum absolute atomic E-state index is 0.217. The van der Waals surface area contributed by atoms with Gasteiger partial charge in [-0.2, -0.15) is 0 Å². The van der Waals surface area contributed by atoms with E-state index in [1.54, 1.807) is 13.2 Å². The molecule has 0 atom stereocenters. The summed E-state index contributed by atoms with van der Waals surface area (Å²) in [4.78, 5) is 16.2. The van der Waals surface area contributed by atoms with E-state index in [-0.39, 0.29) is 11.9 Å². The molecule has 0 aliphatic rings. The Morgan fingerprint density at radius 3 is 2.68 bits per heavy atom. The Morgan fingerprint density at radius 2 is 2.05 bits per heavy atom. The standard InChI is InChI=1S/C14H20N2O3/c1-11-7-4-5-8-12(11)13(17)16-14(19-3)15-9-6-10-18-2/h4-5,7-8H,6,9-10H2,1-3H3,(H,15,16,17). The minimum Gasteiger partial charge on any atom is -0.468 e. The third-order valence-electron chi connectivity index (χ3n) is 2.57. The van der Waals surface area contributed by atoms with Gasteiger partial charge in [-0.1, -0.05) is 18.2 Å². The number of rotatable bonds is 5. The fourth-order valence-electron chi connectivity index (χ4n) is 1.54. The molecular weight excluding hydrogens is 244 g/mol. The van der Waals surface area contributed by atoms with Crippen LogP contribution in [0.4, 0.5) is 0 Å². The molecule has 0 unspecified atom stereocenters. The highest BCUT2D eigenvalue weighted by molar-refractivity contribution is 6.04. The minimum atomic E-state index is -0.217. The molecular formula is C14H20N2O3. The summed E-state index contributed by atoms with van der Waals surface area (Å²) >= 11 is 0. The van der Waals surface area contributed by atoms with Crippen LogP contribution in [0.1, 0.15) is 22.3 Å². The highest BCUT2D eigenvalue weighted by atomic mass is 16.5. The van der Waals surface area contributed by atoms with E-state index in [9.17, 15) is 4.79 Å². The Labute approximate surface area is 113 Å². The molecule has 0 bridgehead atoms. The second-order valence-corrected chi connectivity index (χ2v) is 4.01. The quantitative estimate of drug-likeness (QED) is 0.501. The van der Waals surface area contributed by atoms with E-state index in [1.165, 1.54) is 7.11 Å². The number of carbonyl (C=O) groups excluding carboxylic acids is 1. The van der Waals surface area contributed by atoms with Crippen molar-refractivity contribution in [2.24, 2.45) is 4.99 Å². The van der Waals surface area contributed by atoms with Crippen molar-refractivity contribution in [3.8, 4) is 0 Å². The number of benzene rings is 1. The Hall–Kier alpha value is -1.88. The fraction of sp³-hybridized carbons (Fsp3) is 0.429. The monoisotopic (exact) mass is 264 g/mol. The van der Waals surface area contributed by atoms with Crippen molar-refractivity contribution in [2.45, 2.75) is 13.3 Å². The molecule has 1 aromatic carbocycles. The molecule has 0 aromatic heterocycles. The van der Waals surface area contributed by atoms with Crippen LogP contribution in [-0.4, -0.2) is 39.3 Å². The maximum absolute atomic E-state index is 12.0. The van der Waals surface area contributed by atoms with Crippen molar-refractivity contribution in [3.05, 3.63) is 35.4 Å². The summed E-state index contributed by atoms with van der Waals surface area (Å²) in [6.07, 6.45) is 0.781. The highest BCUT2D eigenvalue weighted by Crippen LogP contribution is 2.06. The van der Waals surface area contributed by atoms with Crippen LogP contribution in [0.15, 0.2) is 29.3 Å².